The molecule has 1 N–H and O–H groups in total. The minimum absolute atomic E-state index is 0.128. The molecule has 0 amide bonds. The van der Waals surface area contributed by atoms with Crippen LogP contribution < -0.4 is 4.74 Å². The van der Waals surface area contributed by atoms with Gasteiger partial charge in [-0.1, -0.05) is 6.92 Å². The highest BCUT2D eigenvalue weighted by Crippen LogP contribution is 2.51. The van der Waals surface area contributed by atoms with Gasteiger partial charge in [-0.05, 0) is 67.9 Å². The van der Waals surface area contributed by atoms with Crippen LogP contribution in [0.2, 0.25) is 0 Å². The van der Waals surface area contributed by atoms with Crippen molar-refractivity contribution in [2.75, 3.05) is 7.11 Å². The lowest BCUT2D eigenvalue weighted by Gasteiger charge is -2.41. The van der Waals surface area contributed by atoms with Crippen molar-refractivity contribution in [2.24, 2.45) is 5.92 Å². The molecule has 1 heterocycles. The number of ether oxygens (including phenoxy) is 2. The zero-order chi connectivity index (χ0) is 16.8. The molecule has 0 fully saturated rings. The molecule has 3 rings (SSSR count). The van der Waals surface area contributed by atoms with Crippen LogP contribution in [0.3, 0.4) is 0 Å². The predicted molar refractivity (Wildman–Crippen MR) is 88.5 cm³/mol. The standard InChI is InChI=1S/C19H24O4/c1-11-5-6-14-13(7-11)18-15(20)8-12(10-17(21)22-4)9-16(18)23-19(14,2)3/h8-9,11,20H,5-7,10H2,1-4H3. The maximum atomic E-state index is 11.5. The summed E-state index contributed by atoms with van der Waals surface area (Å²) in [7, 11) is 1.36. The van der Waals surface area contributed by atoms with E-state index in [9.17, 15) is 9.90 Å². The Hall–Kier alpha value is -1.97. The van der Waals surface area contributed by atoms with Crippen molar-refractivity contribution in [3.8, 4) is 11.5 Å². The molecule has 0 radical (unpaired) electrons. The highest BCUT2D eigenvalue weighted by molar-refractivity contribution is 5.82. The molecule has 23 heavy (non-hydrogen) atoms. The number of esters is 1. The molecule has 0 saturated carbocycles. The topological polar surface area (TPSA) is 55.8 Å². The molecule has 0 bridgehead atoms. The summed E-state index contributed by atoms with van der Waals surface area (Å²) in [5.41, 5.74) is 3.64. The van der Waals surface area contributed by atoms with Gasteiger partial charge < -0.3 is 14.6 Å². The number of rotatable bonds is 2. The van der Waals surface area contributed by atoms with Crippen LogP contribution in [0.15, 0.2) is 17.7 Å². The average molecular weight is 316 g/mol. The number of carbonyl (C=O) groups excluding carboxylic acids is 1. The number of fused-ring (bicyclic) bond motifs is 2. The fourth-order valence-corrected chi connectivity index (χ4v) is 3.75. The molecule has 0 aromatic heterocycles. The van der Waals surface area contributed by atoms with Crippen molar-refractivity contribution in [2.45, 2.75) is 52.1 Å². The summed E-state index contributed by atoms with van der Waals surface area (Å²) in [4.78, 5) is 11.5. The third-order valence-corrected chi connectivity index (χ3v) is 4.91. The van der Waals surface area contributed by atoms with Gasteiger partial charge >= 0.3 is 5.97 Å². The number of allylic oxidation sites excluding steroid dienone is 1. The van der Waals surface area contributed by atoms with Crippen LogP contribution in [-0.2, 0) is 16.0 Å². The molecule has 2 aliphatic rings. The molecule has 1 aromatic rings. The van der Waals surface area contributed by atoms with E-state index in [2.05, 4.69) is 20.8 Å². The Bertz CT molecular complexity index is 685. The second-order valence-corrected chi connectivity index (χ2v) is 7.16. The number of benzene rings is 1. The zero-order valence-corrected chi connectivity index (χ0v) is 14.2. The van der Waals surface area contributed by atoms with Crippen LogP contribution in [0.5, 0.6) is 11.5 Å². The number of hydrogen-bond donors (Lipinski definition) is 1. The van der Waals surface area contributed by atoms with E-state index in [1.54, 1.807) is 6.07 Å². The highest BCUT2D eigenvalue weighted by atomic mass is 16.5. The minimum Gasteiger partial charge on any atom is -0.507 e. The van der Waals surface area contributed by atoms with E-state index in [4.69, 9.17) is 9.47 Å². The van der Waals surface area contributed by atoms with Gasteiger partial charge in [-0.2, -0.15) is 0 Å². The summed E-state index contributed by atoms with van der Waals surface area (Å²) in [6.45, 7) is 6.39. The number of methoxy groups -OCH3 is 1. The van der Waals surface area contributed by atoms with Crippen LogP contribution in [0.4, 0.5) is 0 Å². The normalized spacial score (nSPS) is 22.0. The van der Waals surface area contributed by atoms with E-state index in [-0.39, 0.29) is 23.7 Å². The van der Waals surface area contributed by atoms with E-state index in [1.165, 1.54) is 18.3 Å². The summed E-state index contributed by atoms with van der Waals surface area (Å²) >= 11 is 0. The van der Waals surface area contributed by atoms with Gasteiger partial charge in [0.1, 0.15) is 17.1 Å². The first-order valence-electron chi connectivity index (χ1n) is 8.16. The van der Waals surface area contributed by atoms with Crippen LogP contribution in [0.1, 0.15) is 51.2 Å². The van der Waals surface area contributed by atoms with E-state index >= 15 is 0 Å². The van der Waals surface area contributed by atoms with Crippen LogP contribution >= 0.6 is 0 Å². The average Bonchev–Trinajstić information content (AvgIpc) is 2.45. The fourth-order valence-electron chi connectivity index (χ4n) is 3.75. The quantitative estimate of drug-likeness (QED) is 0.842. The van der Waals surface area contributed by atoms with Gasteiger partial charge in [0.2, 0.25) is 0 Å². The molecular formula is C19H24O4. The van der Waals surface area contributed by atoms with Crippen LogP contribution in [0, 0.1) is 5.92 Å². The largest absolute Gasteiger partial charge is 0.507 e. The van der Waals surface area contributed by atoms with Gasteiger partial charge in [0.25, 0.3) is 0 Å². The Morgan fingerprint density at radius 2 is 2.17 bits per heavy atom. The monoisotopic (exact) mass is 316 g/mol. The maximum Gasteiger partial charge on any atom is 0.309 e. The van der Waals surface area contributed by atoms with Gasteiger partial charge in [0.05, 0.1) is 19.1 Å². The summed E-state index contributed by atoms with van der Waals surface area (Å²) in [6.07, 6.45) is 3.25. The van der Waals surface area contributed by atoms with Crippen LogP contribution in [-0.4, -0.2) is 23.8 Å². The lowest BCUT2D eigenvalue weighted by molar-refractivity contribution is -0.139. The van der Waals surface area contributed by atoms with E-state index in [0.717, 1.165) is 24.8 Å². The Kier molecular flexibility index (Phi) is 3.86. The molecule has 4 heteroatoms. The third-order valence-electron chi connectivity index (χ3n) is 4.91. The van der Waals surface area contributed by atoms with Crippen molar-refractivity contribution >= 4 is 11.5 Å². The molecule has 1 aliphatic heterocycles. The summed E-state index contributed by atoms with van der Waals surface area (Å²) in [5, 5.41) is 10.6. The van der Waals surface area contributed by atoms with E-state index < -0.39 is 0 Å². The molecule has 1 atom stereocenters. The lowest BCUT2D eigenvalue weighted by atomic mass is 9.74. The highest BCUT2D eigenvalue weighted by Gasteiger charge is 2.38. The Balaban J connectivity index is 2.09. The van der Waals surface area contributed by atoms with Crippen molar-refractivity contribution in [3.63, 3.8) is 0 Å². The molecule has 0 saturated heterocycles. The Morgan fingerprint density at radius 1 is 1.43 bits per heavy atom. The van der Waals surface area contributed by atoms with Gasteiger partial charge in [0.15, 0.2) is 0 Å². The molecule has 1 aromatic carbocycles. The van der Waals surface area contributed by atoms with E-state index in [0.29, 0.717) is 17.2 Å². The first-order valence-corrected chi connectivity index (χ1v) is 8.16. The fraction of sp³-hybridized carbons (Fsp3) is 0.526. The smallest absolute Gasteiger partial charge is 0.309 e. The van der Waals surface area contributed by atoms with Gasteiger partial charge in [-0.3, -0.25) is 4.79 Å². The van der Waals surface area contributed by atoms with Gasteiger partial charge in [-0.25, -0.2) is 0 Å². The maximum absolute atomic E-state index is 11.5. The molecule has 1 unspecified atom stereocenters. The lowest BCUT2D eigenvalue weighted by Crippen LogP contribution is -2.36. The SMILES string of the molecule is COC(=O)Cc1cc(O)c2c(c1)OC(C)(C)C1=C2CC(C)CC1. The molecule has 4 nitrogen and oxygen atoms in total. The second-order valence-electron chi connectivity index (χ2n) is 7.16. The number of hydrogen-bond acceptors (Lipinski definition) is 4. The number of phenols is 1. The van der Waals surface area contributed by atoms with Gasteiger partial charge in [0, 0.05) is 0 Å². The number of phenolic OH excluding ortho intramolecular Hbond substituents is 1. The summed E-state index contributed by atoms with van der Waals surface area (Å²) < 4.78 is 10.9. The van der Waals surface area contributed by atoms with E-state index in [1.807, 2.05) is 6.07 Å². The first-order chi connectivity index (χ1) is 10.8. The van der Waals surface area contributed by atoms with Crippen molar-refractivity contribution in [1.29, 1.82) is 0 Å². The van der Waals surface area contributed by atoms with Gasteiger partial charge in [-0.15, -0.1) is 0 Å². The molecule has 0 spiro atoms. The first kappa shape index (κ1) is 15.9. The Morgan fingerprint density at radius 3 is 2.87 bits per heavy atom. The Labute approximate surface area is 137 Å². The number of aromatic hydroxyl groups is 1. The number of carbonyl (C=O) groups is 1. The van der Waals surface area contributed by atoms with Crippen LogP contribution in [0.25, 0.3) is 5.57 Å². The predicted octanol–water partition coefficient (Wildman–Crippen LogP) is 3.85. The molecule has 1 aliphatic carbocycles. The van der Waals surface area contributed by atoms with Crippen molar-refractivity contribution in [1.82, 2.24) is 0 Å². The van der Waals surface area contributed by atoms with Crippen molar-refractivity contribution in [3.05, 3.63) is 28.8 Å². The van der Waals surface area contributed by atoms with Crippen molar-refractivity contribution < 1.29 is 19.4 Å². The molecular weight excluding hydrogens is 292 g/mol. The zero-order valence-electron chi connectivity index (χ0n) is 14.2. The minimum atomic E-state index is -0.376. The summed E-state index contributed by atoms with van der Waals surface area (Å²) in [5.74, 6) is 1.13. The third kappa shape index (κ3) is 2.82. The second kappa shape index (κ2) is 5.59. The summed E-state index contributed by atoms with van der Waals surface area (Å²) in [6, 6.07) is 3.51. The molecule has 124 valence electrons.